The first-order valence-electron chi connectivity index (χ1n) is 5.46. The molecule has 0 amide bonds. The second kappa shape index (κ2) is 4.07. The summed E-state index contributed by atoms with van der Waals surface area (Å²) < 4.78 is 2.76. The molecular weight excluding hydrogens is 282 g/mol. The fraction of sp³-hybridized carbons (Fsp3) is 0.250. The Hall–Kier alpha value is -1.49. The Balaban J connectivity index is 2.14. The third kappa shape index (κ3) is 1.91. The number of benzene rings is 1. The molecule has 0 spiro atoms. The van der Waals surface area contributed by atoms with Crippen LogP contribution < -0.4 is 0 Å². The number of hydrogen-bond acceptors (Lipinski definition) is 3. The summed E-state index contributed by atoms with van der Waals surface area (Å²) in [5, 5.41) is 8.01. The summed E-state index contributed by atoms with van der Waals surface area (Å²) in [5.41, 5.74) is 2.34. The summed E-state index contributed by atoms with van der Waals surface area (Å²) >= 11 is 3.43. The summed E-state index contributed by atoms with van der Waals surface area (Å²) in [6, 6.07) is 7.82. The number of hydrogen-bond donors (Lipinski definition) is 0. The number of nitrogens with zero attached hydrogens (tertiary/aromatic N) is 3. The third-order valence-electron chi connectivity index (χ3n) is 2.86. The van der Waals surface area contributed by atoms with E-state index in [2.05, 4.69) is 26.2 Å². The molecule has 86 valence electrons. The lowest BCUT2D eigenvalue weighted by Crippen LogP contribution is -2.02. The number of carbonyl (C=O) groups excluding carboxylic acids is 1. The van der Waals surface area contributed by atoms with Crippen molar-refractivity contribution < 1.29 is 4.79 Å². The molecule has 2 aromatic rings. The van der Waals surface area contributed by atoms with Gasteiger partial charge in [0.25, 0.3) is 0 Å². The quantitative estimate of drug-likeness (QED) is 0.817. The van der Waals surface area contributed by atoms with Crippen molar-refractivity contribution in [3.8, 4) is 5.69 Å². The van der Waals surface area contributed by atoms with Gasteiger partial charge in [0.1, 0.15) is 5.69 Å². The van der Waals surface area contributed by atoms with E-state index in [1.807, 2.05) is 24.3 Å². The molecule has 0 saturated heterocycles. The van der Waals surface area contributed by atoms with E-state index in [1.54, 1.807) is 4.68 Å². The highest BCUT2D eigenvalue weighted by Crippen LogP contribution is 2.41. The Labute approximate surface area is 107 Å². The minimum Gasteiger partial charge on any atom is -0.296 e. The van der Waals surface area contributed by atoms with Gasteiger partial charge in [0, 0.05) is 10.4 Å². The lowest BCUT2D eigenvalue weighted by Gasteiger charge is -2.05. The van der Waals surface area contributed by atoms with Crippen molar-refractivity contribution in [1.82, 2.24) is 15.0 Å². The summed E-state index contributed by atoms with van der Waals surface area (Å²) in [4.78, 5) is 10.9. The molecule has 1 heterocycles. The zero-order valence-electron chi connectivity index (χ0n) is 9.01. The fourth-order valence-electron chi connectivity index (χ4n) is 1.92. The van der Waals surface area contributed by atoms with E-state index in [-0.39, 0.29) is 0 Å². The molecule has 1 aliphatic carbocycles. The van der Waals surface area contributed by atoms with Crippen LogP contribution in [0.1, 0.15) is 34.9 Å². The van der Waals surface area contributed by atoms with Crippen LogP contribution in [-0.4, -0.2) is 21.3 Å². The molecule has 0 radical (unpaired) electrons. The van der Waals surface area contributed by atoms with Crippen LogP contribution in [0.4, 0.5) is 0 Å². The first-order valence-corrected chi connectivity index (χ1v) is 6.25. The second-order valence-electron chi connectivity index (χ2n) is 4.14. The Morgan fingerprint density at radius 2 is 2.24 bits per heavy atom. The SMILES string of the molecule is O=Cc1nnn(-c2cccc(Br)c2)c1C1CC1. The van der Waals surface area contributed by atoms with Gasteiger partial charge in [-0.2, -0.15) is 0 Å². The van der Waals surface area contributed by atoms with Gasteiger partial charge in [0.05, 0.1) is 11.4 Å². The van der Waals surface area contributed by atoms with Crippen molar-refractivity contribution in [3.05, 3.63) is 40.1 Å². The van der Waals surface area contributed by atoms with Crippen molar-refractivity contribution in [2.45, 2.75) is 18.8 Å². The molecule has 0 aliphatic heterocycles. The van der Waals surface area contributed by atoms with E-state index in [0.29, 0.717) is 11.6 Å². The number of aromatic nitrogens is 3. The van der Waals surface area contributed by atoms with Gasteiger partial charge in [-0.05, 0) is 31.0 Å². The number of aldehydes is 1. The van der Waals surface area contributed by atoms with Crippen LogP contribution >= 0.6 is 15.9 Å². The topological polar surface area (TPSA) is 47.8 Å². The largest absolute Gasteiger partial charge is 0.296 e. The average molecular weight is 292 g/mol. The molecule has 17 heavy (non-hydrogen) atoms. The Morgan fingerprint density at radius 3 is 2.88 bits per heavy atom. The van der Waals surface area contributed by atoms with Gasteiger partial charge in [-0.15, -0.1) is 5.10 Å². The first kappa shape index (κ1) is 10.7. The standard InChI is InChI=1S/C12H10BrN3O/c13-9-2-1-3-10(6-9)16-12(8-4-5-8)11(7-17)14-15-16/h1-3,6-8H,4-5H2. The van der Waals surface area contributed by atoms with Crippen LogP contribution in [-0.2, 0) is 0 Å². The van der Waals surface area contributed by atoms with Crippen LogP contribution in [0, 0.1) is 0 Å². The van der Waals surface area contributed by atoms with Crippen molar-refractivity contribution >= 4 is 22.2 Å². The van der Waals surface area contributed by atoms with Gasteiger partial charge in [-0.25, -0.2) is 4.68 Å². The number of carbonyl (C=O) groups is 1. The Bertz CT molecular complexity index is 575. The van der Waals surface area contributed by atoms with Crippen LogP contribution in [0.15, 0.2) is 28.7 Å². The maximum Gasteiger partial charge on any atom is 0.172 e. The highest BCUT2D eigenvalue weighted by atomic mass is 79.9. The minimum absolute atomic E-state index is 0.434. The van der Waals surface area contributed by atoms with Gasteiger partial charge in [-0.1, -0.05) is 27.2 Å². The number of rotatable bonds is 3. The molecule has 1 saturated carbocycles. The van der Waals surface area contributed by atoms with Crippen LogP contribution in [0.5, 0.6) is 0 Å². The molecule has 0 unspecified atom stereocenters. The van der Waals surface area contributed by atoms with Gasteiger partial charge in [0.15, 0.2) is 6.29 Å². The monoisotopic (exact) mass is 291 g/mol. The Kier molecular flexibility index (Phi) is 2.55. The second-order valence-corrected chi connectivity index (χ2v) is 5.06. The zero-order chi connectivity index (χ0) is 11.8. The summed E-state index contributed by atoms with van der Waals surface area (Å²) in [6.45, 7) is 0. The van der Waals surface area contributed by atoms with Crippen molar-refractivity contribution in [2.75, 3.05) is 0 Å². The van der Waals surface area contributed by atoms with Gasteiger partial charge in [0.2, 0.25) is 0 Å². The maximum atomic E-state index is 10.9. The molecule has 1 aromatic carbocycles. The molecule has 1 aliphatic rings. The third-order valence-corrected chi connectivity index (χ3v) is 3.35. The normalized spacial score (nSPS) is 14.9. The predicted octanol–water partition coefficient (Wildman–Crippen LogP) is 2.72. The molecule has 3 rings (SSSR count). The number of halogens is 1. The zero-order valence-corrected chi connectivity index (χ0v) is 10.6. The van der Waals surface area contributed by atoms with Gasteiger partial charge < -0.3 is 0 Å². The van der Waals surface area contributed by atoms with Crippen molar-refractivity contribution in [2.24, 2.45) is 0 Å². The molecule has 1 fully saturated rings. The molecule has 4 nitrogen and oxygen atoms in total. The average Bonchev–Trinajstić information content (AvgIpc) is 3.08. The van der Waals surface area contributed by atoms with Crippen LogP contribution in [0.3, 0.4) is 0 Å². The highest BCUT2D eigenvalue weighted by Gasteiger charge is 2.31. The molecule has 0 bridgehead atoms. The molecular formula is C12H10BrN3O. The Morgan fingerprint density at radius 1 is 1.41 bits per heavy atom. The fourth-order valence-corrected chi connectivity index (χ4v) is 2.31. The summed E-state index contributed by atoms with van der Waals surface area (Å²) in [5.74, 6) is 0.434. The summed E-state index contributed by atoms with van der Waals surface area (Å²) in [6.07, 6.45) is 3.01. The van der Waals surface area contributed by atoms with Gasteiger partial charge >= 0.3 is 0 Å². The van der Waals surface area contributed by atoms with E-state index in [4.69, 9.17) is 0 Å². The van der Waals surface area contributed by atoms with E-state index < -0.39 is 0 Å². The first-order chi connectivity index (χ1) is 8.29. The lowest BCUT2D eigenvalue weighted by molar-refractivity contribution is 0.111. The molecule has 0 N–H and O–H groups in total. The highest BCUT2D eigenvalue weighted by molar-refractivity contribution is 9.10. The predicted molar refractivity (Wildman–Crippen MR) is 66.4 cm³/mol. The van der Waals surface area contributed by atoms with Crippen LogP contribution in [0.25, 0.3) is 5.69 Å². The maximum absolute atomic E-state index is 10.9. The van der Waals surface area contributed by atoms with Crippen molar-refractivity contribution in [1.29, 1.82) is 0 Å². The molecule has 0 atom stereocenters. The van der Waals surface area contributed by atoms with E-state index in [9.17, 15) is 4.79 Å². The molecule has 1 aromatic heterocycles. The van der Waals surface area contributed by atoms with E-state index in [0.717, 1.165) is 35.0 Å². The van der Waals surface area contributed by atoms with Gasteiger partial charge in [-0.3, -0.25) is 4.79 Å². The minimum atomic E-state index is 0.434. The van der Waals surface area contributed by atoms with Crippen molar-refractivity contribution in [3.63, 3.8) is 0 Å². The lowest BCUT2D eigenvalue weighted by atomic mass is 10.2. The van der Waals surface area contributed by atoms with E-state index >= 15 is 0 Å². The summed E-state index contributed by atoms with van der Waals surface area (Å²) in [7, 11) is 0. The van der Waals surface area contributed by atoms with Crippen LogP contribution in [0.2, 0.25) is 0 Å². The smallest absolute Gasteiger partial charge is 0.172 e. The molecule has 5 heteroatoms. The van der Waals surface area contributed by atoms with E-state index in [1.165, 1.54) is 0 Å².